The molecular formula is C22H32BrClN2O2. The number of carbonyl (C=O) groups is 1. The third-order valence-electron chi connectivity index (χ3n) is 6.43. The Hall–Kier alpha value is -0.780. The van der Waals surface area contributed by atoms with Gasteiger partial charge in [0.25, 0.3) is 0 Å². The van der Waals surface area contributed by atoms with Gasteiger partial charge in [-0.1, -0.05) is 27.5 Å². The predicted molar refractivity (Wildman–Crippen MR) is 118 cm³/mol. The first-order valence-electron chi connectivity index (χ1n) is 10.5. The Morgan fingerprint density at radius 1 is 1.18 bits per heavy atom. The van der Waals surface area contributed by atoms with Gasteiger partial charge < -0.3 is 15.0 Å². The molecule has 1 N–H and O–H groups in total. The largest absolute Gasteiger partial charge is 0.453 e. The molecule has 1 heterocycles. The van der Waals surface area contributed by atoms with E-state index in [1.54, 1.807) is 0 Å². The van der Waals surface area contributed by atoms with Crippen molar-refractivity contribution in [3.8, 4) is 0 Å². The molecule has 1 saturated heterocycles. The minimum Gasteiger partial charge on any atom is -0.453 e. The van der Waals surface area contributed by atoms with Crippen LogP contribution in [0.1, 0.15) is 50.5 Å². The summed E-state index contributed by atoms with van der Waals surface area (Å²) in [6.45, 7) is 3.64. The van der Waals surface area contributed by atoms with Gasteiger partial charge in [0, 0.05) is 15.5 Å². The van der Waals surface area contributed by atoms with Crippen molar-refractivity contribution in [2.45, 2.75) is 57.4 Å². The van der Waals surface area contributed by atoms with Gasteiger partial charge in [-0.2, -0.15) is 0 Å². The molecule has 0 atom stereocenters. The van der Waals surface area contributed by atoms with Crippen molar-refractivity contribution in [1.29, 1.82) is 0 Å². The highest BCUT2D eigenvalue weighted by molar-refractivity contribution is 9.10. The van der Waals surface area contributed by atoms with Crippen molar-refractivity contribution in [3.05, 3.63) is 33.3 Å². The van der Waals surface area contributed by atoms with Crippen molar-refractivity contribution >= 4 is 33.6 Å². The highest BCUT2D eigenvalue weighted by Gasteiger charge is 2.24. The SMILES string of the molecule is COC(=O)N[C@H]1CC[C@H](CCN2CCC(Cc3cc(Cl)ccc3Br)CC2)CC1. The zero-order valence-corrected chi connectivity index (χ0v) is 19.1. The smallest absolute Gasteiger partial charge is 0.407 e. The lowest BCUT2D eigenvalue weighted by molar-refractivity contribution is 0.152. The summed E-state index contributed by atoms with van der Waals surface area (Å²) in [6, 6.07) is 6.40. The maximum Gasteiger partial charge on any atom is 0.407 e. The lowest BCUT2D eigenvalue weighted by Crippen LogP contribution is -2.39. The summed E-state index contributed by atoms with van der Waals surface area (Å²) in [5.74, 6) is 1.56. The van der Waals surface area contributed by atoms with E-state index in [1.165, 1.54) is 68.9 Å². The molecule has 2 fully saturated rings. The molecule has 1 aliphatic carbocycles. The molecule has 0 aromatic heterocycles. The second-order valence-corrected chi connectivity index (χ2v) is 9.66. The van der Waals surface area contributed by atoms with Gasteiger partial charge in [0.05, 0.1) is 7.11 Å². The van der Waals surface area contributed by atoms with Crippen LogP contribution in [0.5, 0.6) is 0 Å². The van der Waals surface area contributed by atoms with E-state index in [4.69, 9.17) is 16.3 Å². The molecule has 1 saturated carbocycles. The number of piperidine rings is 1. The highest BCUT2D eigenvalue weighted by Crippen LogP contribution is 2.30. The van der Waals surface area contributed by atoms with Crippen LogP contribution >= 0.6 is 27.5 Å². The normalized spacial score (nSPS) is 24.1. The number of ether oxygens (including phenoxy) is 1. The Morgan fingerprint density at radius 3 is 2.57 bits per heavy atom. The van der Waals surface area contributed by atoms with Crippen LogP contribution in [-0.2, 0) is 11.2 Å². The molecule has 0 unspecified atom stereocenters. The van der Waals surface area contributed by atoms with E-state index >= 15 is 0 Å². The van der Waals surface area contributed by atoms with Crippen molar-refractivity contribution in [1.82, 2.24) is 10.2 Å². The molecular weight excluding hydrogens is 440 g/mol. The van der Waals surface area contributed by atoms with Gasteiger partial charge in [-0.3, -0.25) is 0 Å². The number of likely N-dealkylation sites (tertiary alicyclic amines) is 1. The topological polar surface area (TPSA) is 41.6 Å². The lowest BCUT2D eigenvalue weighted by Gasteiger charge is -2.34. The standard InChI is InChI=1S/C22H32BrClN2O2/c1-28-22(27)25-20-5-2-16(3-6-20)8-11-26-12-9-17(10-13-26)14-18-15-19(24)4-7-21(18)23/h4,7,15-17,20H,2-3,5-6,8-14H2,1H3,(H,25,27)/t16-,20-. The van der Waals surface area contributed by atoms with Gasteiger partial charge in [0.15, 0.2) is 0 Å². The summed E-state index contributed by atoms with van der Waals surface area (Å²) in [4.78, 5) is 14.0. The Labute approximate surface area is 182 Å². The van der Waals surface area contributed by atoms with E-state index in [9.17, 15) is 4.79 Å². The average molecular weight is 472 g/mol. The fraction of sp³-hybridized carbons (Fsp3) is 0.682. The van der Waals surface area contributed by atoms with Gasteiger partial charge in [-0.15, -0.1) is 0 Å². The van der Waals surface area contributed by atoms with Gasteiger partial charge in [0.2, 0.25) is 0 Å². The monoisotopic (exact) mass is 470 g/mol. The zero-order chi connectivity index (χ0) is 19.9. The maximum absolute atomic E-state index is 11.3. The Balaban J connectivity index is 1.33. The predicted octanol–water partition coefficient (Wildman–Crippen LogP) is 5.66. The Kier molecular flexibility index (Phi) is 8.49. The molecule has 1 amide bonds. The van der Waals surface area contributed by atoms with Gasteiger partial charge in [-0.25, -0.2) is 4.79 Å². The minimum atomic E-state index is -0.295. The van der Waals surface area contributed by atoms with Crippen LogP contribution in [-0.4, -0.2) is 43.8 Å². The molecule has 1 aliphatic heterocycles. The third-order valence-corrected chi connectivity index (χ3v) is 7.44. The molecule has 3 rings (SSSR count). The number of rotatable bonds is 6. The van der Waals surface area contributed by atoms with Crippen LogP contribution < -0.4 is 5.32 Å². The molecule has 28 heavy (non-hydrogen) atoms. The van der Waals surface area contributed by atoms with E-state index in [1.807, 2.05) is 6.07 Å². The van der Waals surface area contributed by atoms with E-state index in [2.05, 4.69) is 38.3 Å². The van der Waals surface area contributed by atoms with E-state index in [-0.39, 0.29) is 6.09 Å². The molecule has 2 aliphatic rings. The van der Waals surface area contributed by atoms with E-state index in [0.29, 0.717) is 6.04 Å². The first-order valence-corrected chi connectivity index (χ1v) is 11.7. The van der Waals surface area contributed by atoms with Gasteiger partial charge in [-0.05, 0) is 107 Å². The number of hydrogen-bond donors (Lipinski definition) is 1. The fourth-order valence-corrected chi connectivity index (χ4v) is 5.21. The van der Waals surface area contributed by atoms with E-state index < -0.39 is 0 Å². The summed E-state index contributed by atoms with van der Waals surface area (Å²) in [5, 5.41) is 3.77. The van der Waals surface area contributed by atoms with Crippen LogP contribution in [0.15, 0.2) is 22.7 Å². The Bertz CT molecular complexity index is 641. The van der Waals surface area contributed by atoms with Crippen molar-refractivity contribution in [3.63, 3.8) is 0 Å². The second kappa shape index (κ2) is 10.8. The van der Waals surface area contributed by atoms with E-state index in [0.717, 1.165) is 36.1 Å². The molecule has 1 aromatic carbocycles. The number of hydrogen-bond acceptors (Lipinski definition) is 3. The summed E-state index contributed by atoms with van der Waals surface area (Å²) in [7, 11) is 1.43. The zero-order valence-electron chi connectivity index (χ0n) is 16.8. The molecule has 0 radical (unpaired) electrons. The van der Waals surface area contributed by atoms with Crippen molar-refractivity contribution in [2.75, 3.05) is 26.7 Å². The minimum absolute atomic E-state index is 0.295. The highest BCUT2D eigenvalue weighted by atomic mass is 79.9. The number of amides is 1. The third kappa shape index (κ3) is 6.64. The quantitative estimate of drug-likeness (QED) is 0.582. The van der Waals surface area contributed by atoms with Crippen LogP contribution in [0.25, 0.3) is 0 Å². The Morgan fingerprint density at radius 2 is 1.89 bits per heavy atom. The average Bonchev–Trinajstić information content (AvgIpc) is 2.71. The first-order chi connectivity index (χ1) is 13.5. The second-order valence-electron chi connectivity index (χ2n) is 8.37. The summed E-state index contributed by atoms with van der Waals surface area (Å²) < 4.78 is 5.88. The number of nitrogens with one attached hydrogen (secondary N) is 1. The molecule has 1 aromatic rings. The molecule has 0 bridgehead atoms. The maximum atomic E-state index is 11.3. The summed E-state index contributed by atoms with van der Waals surface area (Å²) in [6.07, 6.45) is 9.25. The summed E-state index contributed by atoms with van der Waals surface area (Å²) >= 11 is 9.82. The van der Waals surface area contributed by atoms with Gasteiger partial charge in [0.1, 0.15) is 0 Å². The molecule has 6 heteroatoms. The number of alkyl carbamates (subject to hydrolysis) is 1. The van der Waals surface area contributed by atoms with Crippen molar-refractivity contribution in [2.24, 2.45) is 11.8 Å². The first kappa shape index (κ1) is 21.9. The van der Waals surface area contributed by atoms with Crippen LogP contribution in [0.4, 0.5) is 4.79 Å². The number of nitrogens with zero attached hydrogens (tertiary/aromatic N) is 1. The number of methoxy groups -OCH3 is 1. The molecule has 4 nitrogen and oxygen atoms in total. The van der Waals surface area contributed by atoms with Gasteiger partial charge >= 0.3 is 6.09 Å². The fourth-order valence-electron chi connectivity index (χ4n) is 4.61. The van der Waals surface area contributed by atoms with Crippen LogP contribution in [0, 0.1) is 11.8 Å². The van der Waals surface area contributed by atoms with Crippen molar-refractivity contribution < 1.29 is 9.53 Å². The number of carbonyl (C=O) groups excluding carboxylic acids is 1. The lowest BCUT2D eigenvalue weighted by atomic mass is 9.83. The van der Waals surface area contributed by atoms with Crippen LogP contribution in [0.3, 0.4) is 0 Å². The molecule has 156 valence electrons. The summed E-state index contributed by atoms with van der Waals surface area (Å²) in [5.41, 5.74) is 1.34. The van der Waals surface area contributed by atoms with Crippen LogP contribution in [0.2, 0.25) is 5.02 Å². The molecule has 0 spiro atoms. The number of halogens is 2. The number of benzene rings is 1.